The minimum atomic E-state index is -0.384. The Hall–Kier alpha value is -2.02. The molecule has 0 radical (unpaired) electrons. The summed E-state index contributed by atoms with van der Waals surface area (Å²) in [5, 5.41) is 16.8. The zero-order valence-corrected chi connectivity index (χ0v) is 12.0. The molecular weight excluding hydrogens is 260 g/mol. The highest BCUT2D eigenvalue weighted by Crippen LogP contribution is 2.23. The zero-order valence-electron chi connectivity index (χ0n) is 12.0. The van der Waals surface area contributed by atoms with Crippen molar-refractivity contribution in [2.75, 3.05) is 13.1 Å². The lowest BCUT2D eigenvalue weighted by Crippen LogP contribution is -2.27. The third kappa shape index (κ3) is 4.27. The van der Waals surface area contributed by atoms with Crippen LogP contribution in [0.4, 0.5) is 5.69 Å². The summed E-state index contributed by atoms with van der Waals surface area (Å²) in [6, 6.07) is 0. The first-order valence-corrected chi connectivity index (χ1v) is 6.54. The van der Waals surface area contributed by atoms with Crippen LogP contribution in [0.25, 0.3) is 0 Å². The molecule has 7 heteroatoms. The number of hydrogen-bond donors (Lipinski definition) is 2. The molecule has 1 rings (SSSR count). The first kappa shape index (κ1) is 16.0. The number of nitrogens with zero attached hydrogens (tertiary/aromatic N) is 2. The average Bonchev–Trinajstić information content (AvgIpc) is 2.36. The Kier molecular flexibility index (Phi) is 6.05. The largest absolute Gasteiger partial charge is 0.356 e. The molecule has 0 saturated heterocycles. The lowest BCUT2D eigenvalue weighted by molar-refractivity contribution is -0.386. The van der Waals surface area contributed by atoms with E-state index in [1.807, 2.05) is 6.92 Å². The first-order valence-electron chi connectivity index (χ1n) is 6.54. The van der Waals surface area contributed by atoms with E-state index in [2.05, 4.69) is 15.6 Å². The summed E-state index contributed by atoms with van der Waals surface area (Å²) in [6.45, 7) is 6.76. The molecule has 0 atom stereocenters. The number of nitro groups is 1. The molecule has 110 valence electrons. The molecular formula is C13H20N4O3. The first-order chi connectivity index (χ1) is 9.47. The number of rotatable bonds is 7. The van der Waals surface area contributed by atoms with Gasteiger partial charge in [-0.05, 0) is 20.8 Å². The summed E-state index contributed by atoms with van der Waals surface area (Å²) in [5.41, 5.74) is 1.87. The summed E-state index contributed by atoms with van der Waals surface area (Å²) >= 11 is 0. The topological polar surface area (TPSA) is 97.2 Å². The van der Waals surface area contributed by atoms with Gasteiger partial charge in [0.1, 0.15) is 0 Å². The second kappa shape index (κ2) is 7.54. The summed E-state index contributed by atoms with van der Waals surface area (Å²) in [6.07, 6.45) is 1.88. The van der Waals surface area contributed by atoms with E-state index >= 15 is 0 Å². The third-order valence-electron chi connectivity index (χ3n) is 2.95. The van der Waals surface area contributed by atoms with Gasteiger partial charge in [0.25, 0.3) is 5.69 Å². The second-order valence-electron chi connectivity index (χ2n) is 4.50. The van der Waals surface area contributed by atoms with Crippen molar-refractivity contribution < 1.29 is 9.72 Å². The summed E-state index contributed by atoms with van der Waals surface area (Å²) in [5.74, 6) is -0.0143. The molecule has 0 spiro atoms. The van der Waals surface area contributed by atoms with E-state index in [1.165, 1.54) is 6.20 Å². The molecule has 0 aliphatic rings. The predicted molar refractivity (Wildman–Crippen MR) is 75.4 cm³/mol. The van der Waals surface area contributed by atoms with Gasteiger partial charge in [-0.15, -0.1) is 0 Å². The van der Waals surface area contributed by atoms with E-state index < -0.39 is 0 Å². The van der Waals surface area contributed by atoms with Crippen molar-refractivity contribution in [2.45, 2.75) is 33.7 Å². The van der Waals surface area contributed by atoms with Crippen molar-refractivity contribution in [2.24, 2.45) is 0 Å². The van der Waals surface area contributed by atoms with Crippen LogP contribution in [0.15, 0.2) is 6.20 Å². The predicted octanol–water partition coefficient (Wildman–Crippen LogP) is 1.22. The SMILES string of the molecule is CCNC(=O)CCNCc1ncc(C)c([N+](=O)[O-])c1C. The van der Waals surface area contributed by atoms with Crippen molar-refractivity contribution >= 4 is 11.6 Å². The lowest BCUT2D eigenvalue weighted by Gasteiger charge is -2.08. The van der Waals surface area contributed by atoms with Crippen LogP contribution in [0, 0.1) is 24.0 Å². The maximum absolute atomic E-state index is 11.3. The van der Waals surface area contributed by atoms with Crippen molar-refractivity contribution in [3.05, 3.63) is 33.1 Å². The molecule has 0 fully saturated rings. The molecule has 0 aliphatic heterocycles. The number of amides is 1. The van der Waals surface area contributed by atoms with E-state index in [1.54, 1.807) is 13.8 Å². The smallest absolute Gasteiger partial charge is 0.278 e. The highest BCUT2D eigenvalue weighted by molar-refractivity contribution is 5.75. The third-order valence-corrected chi connectivity index (χ3v) is 2.95. The fourth-order valence-electron chi connectivity index (χ4n) is 1.92. The van der Waals surface area contributed by atoms with Gasteiger partial charge in [0.05, 0.1) is 10.6 Å². The van der Waals surface area contributed by atoms with Gasteiger partial charge < -0.3 is 10.6 Å². The van der Waals surface area contributed by atoms with Crippen LogP contribution in [0.2, 0.25) is 0 Å². The Morgan fingerprint density at radius 1 is 1.45 bits per heavy atom. The molecule has 20 heavy (non-hydrogen) atoms. The van der Waals surface area contributed by atoms with Gasteiger partial charge in [-0.1, -0.05) is 0 Å². The number of aromatic nitrogens is 1. The molecule has 1 aromatic rings. The Labute approximate surface area is 117 Å². The summed E-state index contributed by atoms with van der Waals surface area (Å²) in [7, 11) is 0. The summed E-state index contributed by atoms with van der Waals surface area (Å²) in [4.78, 5) is 26.1. The number of aryl methyl sites for hydroxylation is 1. The van der Waals surface area contributed by atoms with Gasteiger partial charge in [0.2, 0.25) is 5.91 Å². The van der Waals surface area contributed by atoms with Gasteiger partial charge in [0, 0.05) is 43.4 Å². The maximum atomic E-state index is 11.3. The molecule has 1 heterocycles. The van der Waals surface area contributed by atoms with Crippen molar-refractivity contribution in [3.63, 3.8) is 0 Å². The normalized spacial score (nSPS) is 10.3. The van der Waals surface area contributed by atoms with Gasteiger partial charge in [-0.3, -0.25) is 19.9 Å². The van der Waals surface area contributed by atoms with Crippen LogP contribution in [0.1, 0.15) is 30.2 Å². The number of pyridine rings is 1. The molecule has 1 amide bonds. The summed E-state index contributed by atoms with van der Waals surface area (Å²) < 4.78 is 0. The molecule has 0 saturated carbocycles. The molecule has 0 unspecified atom stereocenters. The van der Waals surface area contributed by atoms with Crippen molar-refractivity contribution in [1.29, 1.82) is 0 Å². The second-order valence-corrected chi connectivity index (χ2v) is 4.50. The van der Waals surface area contributed by atoms with E-state index in [9.17, 15) is 14.9 Å². The highest BCUT2D eigenvalue weighted by atomic mass is 16.6. The van der Waals surface area contributed by atoms with Crippen LogP contribution in [0.3, 0.4) is 0 Å². The minimum absolute atomic E-state index is 0.0143. The van der Waals surface area contributed by atoms with Gasteiger partial charge in [0.15, 0.2) is 0 Å². The molecule has 1 aromatic heterocycles. The number of carbonyl (C=O) groups excluding carboxylic acids is 1. The fraction of sp³-hybridized carbons (Fsp3) is 0.538. The number of carbonyl (C=O) groups is 1. The van der Waals surface area contributed by atoms with Crippen LogP contribution in [-0.4, -0.2) is 28.9 Å². The fourth-order valence-corrected chi connectivity index (χ4v) is 1.92. The van der Waals surface area contributed by atoms with E-state index in [0.29, 0.717) is 42.9 Å². The Morgan fingerprint density at radius 3 is 2.75 bits per heavy atom. The Balaban J connectivity index is 2.59. The van der Waals surface area contributed by atoms with Gasteiger partial charge in [-0.25, -0.2) is 0 Å². The van der Waals surface area contributed by atoms with Gasteiger partial charge in [-0.2, -0.15) is 0 Å². The maximum Gasteiger partial charge on any atom is 0.278 e. The molecule has 0 aliphatic carbocycles. The minimum Gasteiger partial charge on any atom is -0.356 e. The van der Waals surface area contributed by atoms with E-state index in [-0.39, 0.29) is 16.5 Å². The molecule has 7 nitrogen and oxygen atoms in total. The van der Waals surface area contributed by atoms with Crippen LogP contribution < -0.4 is 10.6 Å². The van der Waals surface area contributed by atoms with Crippen LogP contribution in [0.5, 0.6) is 0 Å². The van der Waals surface area contributed by atoms with Crippen molar-refractivity contribution in [1.82, 2.24) is 15.6 Å². The lowest BCUT2D eigenvalue weighted by atomic mass is 10.1. The van der Waals surface area contributed by atoms with Crippen LogP contribution in [-0.2, 0) is 11.3 Å². The zero-order chi connectivity index (χ0) is 15.1. The van der Waals surface area contributed by atoms with Crippen LogP contribution >= 0.6 is 0 Å². The van der Waals surface area contributed by atoms with E-state index in [4.69, 9.17) is 0 Å². The number of hydrogen-bond acceptors (Lipinski definition) is 5. The van der Waals surface area contributed by atoms with Crippen molar-refractivity contribution in [3.8, 4) is 0 Å². The molecule has 2 N–H and O–H groups in total. The Bertz CT molecular complexity index is 503. The standard InChI is InChI=1S/C13H20N4O3/c1-4-15-12(18)5-6-14-8-11-10(3)13(17(19)20)9(2)7-16-11/h7,14H,4-6,8H2,1-3H3,(H,15,18). The van der Waals surface area contributed by atoms with E-state index in [0.717, 1.165) is 0 Å². The Morgan fingerprint density at radius 2 is 2.15 bits per heavy atom. The number of nitrogens with one attached hydrogen (secondary N) is 2. The quantitative estimate of drug-likeness (QED) is 0.444. The monoisotopic (exact) mass is 280 g/mol. The van der Waals surface area contributed by atoms with Gasteiger partial charge >= 0.3 is 0 Å². The molecule has 0 aromatic carbocycles. The highest BCUT2D eigenvalue weighted by Gasteiger charge is 2.18. The molecule has 0 bridgehead atoms. The average molecular weight is 280 g/mol.